The van der Waals surface area contributed by atoms with Crippen molar-refractivity contribution in [3.05, 3.63) is 23.8 Å². The van der Waals surface area contributed by atoms with E-state index >= 15 is 0 Å². The molecule has 0 saturated carbocycles. The van der Waals surface area contributed by atoms with Crippen molar-refractivity contribution in [2.75, 3.05) is 17.6 Å². The third kappa shape index (κ3) is 3.15. The van der Waals surface area contributed by atoms with Gasteiger partial charge in [0.15, 0.2) is 0 Å². The average molecular weight is 221 g/mol. The molecule has 1 amide bonds. The molecule has 0 radical (unpaired) electrons. The van der Waals surface area contributed by atoms with E-state index < -0.39 is 5.91 Å². The van der Waals surface area contributed by atoms with Crippen LogP contribution in [0, 0.1) is 5.92 Å². The Labute approximate surface area is 96.0 Å². The van der Waals surface area contributed by atoms with Crippen LogP contribution in [0.1, 0.15) is 30.6 Å². The van der Waals surface area contributed by atoms with Crippen LogP contribution in [0.15, 0.2) is 18.2 Å². The van der Waals surface area contributed by atoms with Gasteiger partial charge in [-0.25, -0.2) is 0 Å². The first-order valence-corrected chi connectivity index (χ1v) is 5.47. The Bertz CT molecular complexity index is 377. The predicted octanol–water partition coefficient (Wildman–Crippen LogP) is 1.83. The molecular weight excluding hydrogens is 202 g/mol. The summed E-state index contributed by atoms with van der Waals surface area (Å²) in [5.74, 6) is 0.135. The second kappa shape index (κ2) is 5.39. The van der Waals surface area contributed by atoms with Crippen molar-refractivity contribution in [2.24, 2.45) is 11.7 Å². The number of hydrogen-bond donors (Lipinski definition) is 3. The molecule has 5 N–H and O–H groups in total. The highest BCUT2D eigenvalue weighted by atomic mass is 16.1. The van der Waals surface area contributed by atoms with Gasteiger partial charge >= 0.3 is 0 Å². The SMILES string of the molecule is CCC(C)CNc1ccc(C(N)=O)cc1N. The number of carbonyl (C=O) groups is 1. The third-order valence-electron chi connectivity index (χ3n) is 2.67. The minimum absolute atomic E-state index is 0.437. The molecule has 16 heavy (non-hydrogen) atoms. The highest BCUT2D eigenvalue weighted by Gasteiger charge is 2.05. The molecule has 1 unspecified atom stereocenters. The molecule has 1 aromatic carbocycles. The molecule has 0 heterocycles. The van der Waals surface area contributed by atoms with Crippen molar-refractivity contribution in [2.45, 2.75) is 20.3 Å². The molecule has 0 bridgehead atoms. The summed E-state index contributed by atoms with van der Waals surface area (Å²) in [6.07, 6.45) is 1.12. The zero-order valence-corrected chi connectivity index (χ0v) is 9.79. The molecule has 88 valence electrons. The van der Waals surface area contributed by atoms with E-state index in [0.29, 0.717) is 17.2 Å². The van der Waals surface area contributed by atoms with Crippen molar-refractivity contribution >= 4 is 17.3 Å². The lowest BCUT2D eigenvalue weighted by molar-refractivity contribution is 0.100. The van der Waals surface area contributed by atoms with Crippen LogP contribution in [0.5, 0.6) is 0 Å². The van der Waals surface area contributed by atoms with Crippen LogP contribution >= 0.6 is 0 Å². The van der Waals surface area contributed by atoms with Crippen LogP contribution in [0.4, 0.5) is 11.4 Å². The number of nitrogen functional groups attached to an aromatic ring is 1. The van der Waals surface area contributed by atoms with E-state index in [9.17, 15) is 4.79 Å². The Morgan fingerprint density at radius 2 is 2.19 bits per heavy atom. The van der Waals surface area contributed by atoms with Gasteiger partial charge in [0.25, 0.3) is 0 Å². The average Bonchev–Trinajstić information content (AvgIpc) is 2.26. The van der Waals surface area contributed by atoms with Gasteiger partial charge < -0.3 is 16.8 Å². The standard InChI is InChI=1S/C12H19N3O/c1-3-8(2)7-15-11-5-4-9(12(14)16)6-10(11)13/h4-6,8,15H,3,7,13H2,1-2H3,(H2,14,16). The molecule has 1 rings (SSSR count). The number of benzene rings is 1. The molecule has 0 spiro atoms. The number of rotatable bonds is 5. The largest absolute Gasteiger partial charge is 0.397 e. The summed E-state index contributed by atoms with van der Waals surface area (Å²) in [5.41, 5.74) is 12.8. The third-order valence-corrected chi connectivity index (χ3v) is 2.67. The summed E-state index contributed by atoms with van der Waals surface area (Å²) in [6, 6.07) is 5.07. The first-order valence-electron chi connectivity index (χ1n) is 5.47. The summed E-state index contributed by atoms with van der Waals surface area (Å²) < 4.78 is 0. The molecule has 0 aliphatic carbocycles. The van der Waals surface area contributed by atoms with Crippen molar-refractivity contribution in [3.8, 4) is 0 Å². The number of nitrogens with one attached hydrogen (secondary N) is 1. The van der Waals surface area contributed by atoms with Crippen molar-refractivity contribution in [1.29, 1.82) is 0 Å². The topological polar surface area (TPSA) is 81.1 Å². The Hall–Kier alpha value is -1.71. The van der Waals surface area contributed by atoms with Gasteiger partial charge in [-0.3, -0.25) is 4.79 Å². The van der Waals surface area contributed by atoms with Crippen molar-refractivity contribution in [1.82, 2.24) is 0 Å². The number of hydrogen-bond acceptors (Lipinski definition) is 3. The quantitative estimate of drug-likeness (QED) is 0.663. The lowest BCUT2D eigenvalue weighted by Crippen LogP contribution is -2.14. The molecule has 0 aliphatic heterocycles. The van der Waals surface area contributed by atoms with E-state index in [0.717, 1.165) is 18.7 Å². The Morgan fingerprint density at radius 1 is 1.50 bits per heavy atom. The molecule has 4 nitrogen and oxygen atoms in total. The van der Waals surface area contributed by atoms with Crippen molar-refractivity contribution < 1.29 is 4.79 Å². The molecule has 0 saturated heterocycles. The fraction of sp³-hybridized carbons (Fsp3) is 0.417. The van der Waals surface area contributed by atoms with E-state index in [2.05, 4.69) is 19.2 Å². The second-order valence-electron chi connectivity index (χ2n) is 4.06. The van der Waals surface area contributed by atoms with Gasteiger partial charge in [0.1, 0.15) is 0 Å². The maximum Gasteiger partial charge on any atom is 0.248 e. The fourth-order valence-corrected chi connectivity index (χ4v) is 1.31. The highest BCUT2D eigenvalue weighted by Crippen LogP contribution is 2.20. The first kappa shape index (κ1) is 12.4. The summed E-state index contributed by atoms with van der Waals surface area (Å²) in [6.45, 7) is 5.18. The molecule has 0 fully saturated rings. The van der Waals surface area contributed by atoms with Crippen LogP contribution in [0.3, 0.4) is 0 Å². The highest BCUT2D eigenvalue weighted by molar-refractivity contribution is 5.94. The van der Waals surface area contributed by atoms with Crippen molar-refractivity contribution in [3.63, 3.8) is 0 Å². The number of nitrogens with two attached hydrogens (primary N) is 2. The second-order valence-corrected chi connectivity index (χ2v) is 4.06. The van der Waals surface area contributed by atoms with Gasteiger partial charge in [0, 0.05) is 12.1 Å². The van der Waals surface area contributed by atoms with E-state index in [-0.39, 0.29) is 0 Å². The van der Waals surface area contributed by atoms with Gasteiger partial charge in [-0.15, -0.1) is 0 Å². The van der Waals surface area contributed by atoms with Crippen LogP contribution in [-0.4, -0.2) is 12.5 Å². The Balaban J connectivity index is 2.72. The number of amides is 1. The maximum absolute atomic E-state index is 10.9. The number of primary amides is 1. The smallest absolute Gasteiger partial charge is 0.248 e. The van der Waals surface area contributed by atoms with Crippen LogP contribution < -0.4 is 16.8 Å². The van der Waals surface area contributed by atoms with E-state index in [1.807, 2.05) is 0 Å². The van der Waals surface area contributed by atoms with Crippen LogP contribution in [-0.2, 0) is 0 Å². The molecular formula is C12H19N3O. The lowest BCUT2D eigenvalue weighted by Gasteiger charge is -2.13. The number of anilines is 2. The van der Waals surface area contributed by atoms with Crippen LogP contribution in [0.2, 0.25) is 0 Å². The summed E-state index contributed by atoms with van der Waals surface area (Å²) in [5, 5.41) is 3.25. The molecule has 1 aromatic rings. The number of carbonyl (C=O) groups excluding carboxylic acids is 1. The molecule has 0 aromatic heterocycles. The molecule has 4 heteroatoms. The normalized spacial score (nSPS) is 12.1. The Morgan fingerprint density at radius 3 is 2.69 bits per heavy atom. The van der Waals surface area contributed by atoms with Gasteiger partial charge in [-0.05, 0) is 24.1 Å². The summed E-state index contributed by atoms with van der Waals surface area (Å²) >= 11 is 0. The van der Waals surface area contributed by atoms with Gasteiger partial charge in [0.05, 0.1) is 11.4 Å². The van der Waals surface area contributed by atoms with Gasteiger partial charge in [-0.1, -0.05) is 20.3 Å². The van der Waals surface area contributed by atoms with Gasteiger partial charge in [-0.2, -0.15) is 0 Å². The molecule has 0 aliphatic rings. The zero-order chi connectivity index (χ0) is 12.1. The monoisotopic (exact) mass is 221 g/mol. The minimum Gasteiger partial charge on any atom is -0.397 e. The summed E-state index contributed by atoms with van der Waals surface area (Å²) in [7, 11) is 0. The zero-order valence-electron chi connectivity index (χ0n) is 9.79. The van der Waals surface area contributed by atoms with E-state index in [1.165, 1.54) is 0 Å². The summed E-state index contributed by atoms with van der Waals surface area (Å²) in [4.78, 5) is 10.9. The Kier molecular flexibility index (Phi) is 4.17. The fourth-order valence-electron chi connectivity index (χ4n) is 1.31. The lowest BCUT2D eigenvalue weighted by atomic mass is 10.1. The minimum atomic E-state index is -0.458. The van der Waals surface area contributed by atoms with Gasteiger partial charge in [0.2, 0.25) is 5.91 Å². The van der Waals surface area contributed by atoms with Crippen LogP contribution in [0.25, 0.3) is 0 Å². The van der Waals surface area contributed by atoms with E-state index in [4.69, 9.17) is 11.5 Å². The molecule has 1 atom stereocenters. The predicted molar refractivity (Wildman–Crippen MR) is 67.3 cm³/mol. The first-order chi connectivity index (χ1) is 7.54. The maximum atomic E-state index is 10.9. The van der Waals surface area contributed by atoms with E-state index in [1.54, 1.807) is 18.2 Å².